The second kappa shape index (κ2) is 5.48. The molecular weight excluding hydrogens is 248 g/mol. The van der Waals surface area contributed by atoms with Gasteiger partial charge in [-0.3, -0.25) is 4.98 Å². The number of aromatic nitrogens is 3. The van der Waals surface area contributed by atoms with Gasteiger partial charge in [-0.05, 0) is 48.9 Å². The molecule has 0 atom stereocenters. The zero-order valence-electron chi connectivity index (χ0n) is 11.1. The first-order chi connectivity index (χ1) is 9.81. The largest absolute Gasteiger partial charge is 0.325 e. The molecule has 4 heteroatoms. The van der Waals surface area contributed by atoms with Crippen molar-refractivity contribution >= 4 is 11.6 Å². The number of aryl methyl sites for hydroxylation is 1. The Balaban J connectivity index is 1.88. The zero-order valence-corrected chi connectivity index (χ0v) is 11.1. The SMILES string of the molecule is Cc1ccnc(Nc2cccc(-c3ccccn3)n2)c1. The first-order valence-corrected chi connectivity index (χ1v) is 6.39. The maximum Gasteiger partial charge on any atom is 0.132 e. The lowest BCUT2D eigenvalue weighted by Crippen LogP contribution is -1.97. The molecule has 0 fully saturated rings. The molecule has 3 aromatic heterocycles. The van der Waals surface area contributed by atoms with Crippen molar-refractivity contribution in [2.24, 2.45) is 0 Å². The third kappa shape index (κ3) is 2.80. The Hall–Kier alpha value is -2.75. The first kappa shape index (κ1) is 12.3. The van der Waals surface area contributed by atoms with Crippen molar-refractivity contribution < 1.29 is 0 Å². The van der Waals surface area contributed by atoms with Gasteiger partial charge in [0.1, 0.15) is 11.6 Å². The minimum atomic E-state index is 0.756. The van der Waals surface area contributed by atoms with Crippen LogP contribution in [0.2, 0.25) is 0 Å². The summed E-state index contributed by atoms with van der Waals surface area (Å²) < 4.78 is 0. The average molecular weight is 262 g/mol. The summed E-state index contributed by atoms with van der Waals surface area (Å²) in [4.78, 5) is 13.1. The molecule has 3 heterocycles. The lowest BCUT2D eigenvalue weighted by molar-refractivity contribution is 1.22. The Kier molecular flexibility index (Phi) is 3.37. The van der Waals surface area contributed by atoms with Gasteiger partial charge in [0.25, 0.3) is 0 Å². The summed E-state index contributed by atoms with van der Waals surface area (Å²) in [7, 11) is 0. The molecule has 98 valence electrons. The van der Waals surface area contributed by atoms with Crippen molar-refractivity contribution in [1.29, 1.82) is 0 Å². The number of rotatable bonds is 3. The van der Waals surface area contributed by atoms with E-state index in [0.717, 1.165) is 28.6 Å². The molecule has 4 nitrogen and oxygen atoms in total. The van der Waals surface area contributed by atoms with Gasteiger partial charge < -0.3 is 5.32 Å². The van der Waals surface area contributed by atoms with Crippen molar-refractivity contribution in [2.75, 3.05) is 5.32 Å². The van der Waals surface area contributed by atoms with Gasteiger partial charge in [0.05, 0.1) is 11.4 Å². The average Bonchev–Trinajstić information content (AvgIpc) is 2.48. The standard InChI is InChI=1S/C16H14N4/c1-12-8-10-18-16(11-12)20-15-7-4-6-14(19-15)13-5-2-3-9-17-13/h2-11H,1H3,(H,18,19,20). The molecule has 0 spiro atoms. The molecule has 20 heavy (non-hydrogen) atoms. The van der Waals surface area contributed by atoms with E-state index in [2.05, 4.69) is 20.3 Å². The van der Waals surface area contributed by atoms with Crippen molar-refractivity contribution in [1.82, 2.24) is 15.0 Å². The minimum Gasteiger partial charge on any atom is -0.325 e. The molecule has 0 aliphatic carbocycles. The number of nitrogens with zero attached hydrogens (tertiary/aromatic N) is 3. The summed E-state index contributed by atoms with van der Waals surface area (Å²) in [6.45, 7) is 2.03. The summed E-state index contributed by atoms with van der Waals surface area (Å²) in [6, 6.07) is 15.5. The van der Waals surface area contributed by atoms with Crippen LogP contribution in [0.15, 0.2) is 60.9 Å². The summed E-state index contributed by atoms with van der Waals surface area (Å²) >= 11 is 0. The molecule has 0 saturated heterocycles. The Morgan fingerprint density at radius 1 is 0.800 bits per heavy atom. The van der Waals surface area contributed by atoms with Gasteiger partial charge in [-0.15, -0.1) is 0 Å². The fraction of sp³-hybridized carbons (Fsp3) is 0.0625. The van der Waals surface area contributed by atoms with E-state index in [0.29, 0.717) is 0 Å². The highest BCUT2D eigenvalue weighted by atomic mass is 15.1. The van der Waals surface area contributed by atoms with Crippen LogP contribution in [0.3, 0.4) is 0 Å². The lowest BCUT2D eigenvalue weighted by atomic mass is 10.2. The van der Waals surface area contributed by atoms with Crippen molar-refractivity contribution in [3.63, 3.8) is 0 Å². The Labute approximate surface area is 117 Å². The molecule has 0 unspecified atom stereocenters. The highest BCUT2D eigenvalue weighted by Gasteiger charge is 2.02. The molecule has 0 radical (unpaired) electrons. The van der Waals surface area contributed by atoms with Crippen LogP contribution in [-0.2, 0) is 0 Å². The van der Waals surface area contributed by atoms with Gasteiger partial charge in [-0.25, -0.2) is 9.97 Å². The van der Waals surface area contributed by atoms with E-state index in [1.807, 2.05) is 55.5 Å². The smallest absolute Gasteiger partial charge is 0.132 e. The zero-order chi connectivity index (χ0) is 13.8. The van der Waals surface area contributed by atoms with Crippen LogP contribution in [-0.4, -0.2) is 15.0 Å². The molecule has 0 aliphatic heterocycles. The molecule has 3 aromatic rings. The Bertz CT molecular complexity index is 710. The molecule has 0 aromatic carbocycles. The van der Waals surface area contributed by atoms with E-state index in [-0.39, 0.29) is 0 Å². The van der Waals surface area contributed by atoms with Gasteiger partial charge in [-0.2, -0.15) is 0 Å². The monoisotopic (exact) mass is 262 g/mol. The Morgan fingerprint density at radius 3 is 2.50 bits per heavy atom. The maximum absolute atomic E-state index is 4.55. The molecule has 0 saturated carbocycles. The summed E-state index contributed by atoms with van der Waals surface area (Å²) in [6.07, 6.45) is 3.54. The number of pyridine rings is 3. The van der Waals surface area contributed by atoms with Gasteiger partial charge >= 0.3 is 0 Å². The van der Waals surface area contributed by atoms with E-state index in [4.69, 9.17) is 0 Å². The maximum atomic E-state index is 4.55. The summed E-state index contributed by atoms with van der Waals surface area (Å²) in [5.74, 6) is 1.54. The van der Waals surface area contributed by atoms with Crippen LogP contribution >= 0.6 is 0 Å². The minimum absolute atomic E-state index is 0.756. The van der Waals surface area contributed by atoms with Crippen molar-refractivity contribution in [3.05, 3.63) is 66.5 Å². The van der Waals surface area contributed by atoms with Crippen LogP contribution in [0.25, 0.3) is 11.4 Å². The number of hydrogen-bond acceptors (Lipinski definition) is 4. The molecular formula is C16H14N4. The predicted octanol–water partition coefficient (Wildman–Crippen LogP) is 3.59. The van der Waals surface area contributed by atoms with E-state index >= 15 is 0 Å². The number of anilines is 2. The van der Waals surface area contributed by atoms with Crippen molar-refractivity contribution in [3.8, 4) is 11.4 Å². The molecule has 0 bridgehead atoms. The third-order valence-corrected chi connectivity index (χ3v) is 2.85. The van der Waals surface area contributed by atoms with E-state index < -0.39 is 0 Å². The van der Waals surface area contributed by atoms with E-state index in [1.54, 1.807) is 12.4 Å². The van der Waals surface area contributed by atoms with Gasteiger partial charge in [0.15, 0.2) is 0 Å². The number of hydrogen-bond donors (Lipinski definition) is 1. The fourth-order valence-corrected chi connectivity index (χ4v) is 1.90. The normalized spacial score (nSPS) is 10.2. The number of nitrogens with one attached hydrogen (secondary N) is 1. The van der Waals surface area contributed by atoms with Gasteiger partial charge in [-0.1, -0.05) is 12.1 Å². The fourth-order valence-electron chi connectivity index (χ4n) is 1.90. The quantitative estimate of drug-likeness (QED) is 0.783. The van der Waals surface area contributed by atoms with E-state index in [9.17, 15) is 0 Å². The van der Waals surface area contributed by atoms with Crippen LogP contribution in [0.4, 0.5) is 11.6 Å². The highest BCUT2D eigenvalue weighted by molar-refractivity contribution is 5.60. The van der Waals surface area contributed by atoms with E-state index in [1.165, 1.54) is 0 Å². The Morgan fingerprint density at radius 2 is 1.70 bits per heavy atom. The summed E-state index contributed by atoms with van der Waals surface area (Å²) in [5.41, 5.74) is 2.85. The lowest BCUT2D eigenvalue weighted by Gasteiger charge is -2.07. The second-order valence-electron chi connectivity index (χ2n) is 4.47. The van der Waals surface area contributed by atoms with Gasteiger partial charge in [0.2, 0.25) is 0 Å². The first-order valence-electron chi connectivity index (χ1n) is 6.39. The molecule has 3 rings (SSSR count). The predicted molar refractivity (Wildman–Crippen MR) is 79.7 cm³/mol. The highest BCUT2D eigenvalue weighted by Crippen LogP contribution is 2.18. The summed E-state index contributed by atoms with van der Waals surface area (Å²) in [5, 5.41) is 3.20. The van der Waals surface area contributed by atoms with Crippen LogP contribution < -0.4 is 5.32 Å². The van der Waals surface area contributed by atoms with Gasteiger partial charge in [0, 0.05) is 12.4 Å². The van der Waals surface area contributed by atoms with Crippen LogP contribution in [0.5, 0.6) is 0 Å². The van der Waals surface area contributed by atoms with Crippen molar-refractivity contribution in [2.45, 2.75) is 6.92 Å². The van der Waals surface area contributed by atoms with Crippen LogP contribution in [0.1, 0.15) is 5.56 Å². The van der Waals surface area contributed by atoms with Crippen LogP contribution in [0, 0.1) is 6.92 Å². The second-order valence-corrected chi connectivity index (χ2v) is 4.47. The molecule has 1 N–H and O–H groups in total. The third-order valence-electron chi connectivity index (χ3n) is 2.85. The topological polar surface area (TPSA) is 50.7 Å². The molecule has 0 aliphatic rings. The molecule has 0 amide bonds.